The minimum Gasteiger partial charge on any atom is -0.465 e. The second-order valence-electron chi connectivity index (χ2n) is 9.20. The first-order valence-electron chi connectivity index (χ1n) is 12.4. The van der Waals surface area contributed by atoms with Crippen molar-refractivity contribution in [2.24, 2.45) is 0 Å². The van der Waals surface area contributed by atoms with Crippen molar-refractivity contribution in [3.05, 3.63) is 131 Å². The van der Waals surface area contributed by atoms with Crippen LogP contribution in [0.4, 0.5) is 5.69 Å². The molecule has 202 valence electrons. The summed E-state index contributed by atoms with van der Waals surface area (Å²) in [6.45, 7) is 1.83. The Bertz CT molecular complexity index is 1830. The lowest BCUT2D eigenvalue weighted by atomic mass is 10.1. The zero-order valence-corrected chi connectivity index (χ0v) is 23.3. The zero-order valence-electron chi connectivity index (χ0n) is 21.7. The van der Waals surface area contributed by atoms with Crippen LogP contribution in [0.2, 0.25) is 5.02 Å². The third-order valence-electron chi connectivity index (χ3n) is 6.59. The largest absolute Gasteiger partial charge is 0.465 e. The van der Waals surface area contributed by atoms with Gasteiger partial charge in [0.1, 0.15) is 0 Å². The van der Waals surface area contributed by atoms with Crippen LogP contribution in [0.1, 0.15) is 31.8 Å². The minimum absolute atomic E-state index is 0.0441. The molecule has 4 aromatic carbocycles. The molecular weight excluding hydrogens is 548 g/mol. The number of benzene rings is 4. The average molecular weight is 573 g/mol. The van der Waals surface area contributed by atoms with Gasteiger partial charge in [-0.15, -0.1) is 0 Å². The van der Waals surface area contributed by atoms with E-state index in [4.69, 9.17) is 16.3 Å². The first-order chi connectivity index (χ1) is 19.2. The normalized spacial score (nSPS) is 11.4. The molecule has 5 aromatic rings. The first kappa shape index (κ1) is 27.2. The van der Waals surface area contributed by atoms with Gasteiger partial charge in [-0.25, -0.2) is 13.2 Å². The molecule has 40 heavy (non-hydrogen) atoms. The number of esters is 1. The number of carbonyl (C=O) groups excluding carboxylic acids is 2. The van der Waals surface area contributed by atoms with Gasteiger partial charge in [0.15, 0.2) is 0 Å². The number of anilines is 1. The number of halogens is 1. The van der Waals surface area contributed by atoms with Crippen molar-refractivity contribution in [1.29, 1.82) is 0 Å². The Morgan fingerprint density at radius 1 is 0.850 bits per heavy atom. The molecule has 7 nitrogen and oxygen atoms in total. The fourth-order valence-corrected chi connectivity index (χ4v) is 6.11. The summed E-state index contributed by atoms with van der Waals surface area (Å²) in [5, 5.41) is 1.07. The number of hydrogen-bond donors (Lipinski definition) is 0. The maximum absolute atomic E-state index is 14.1. The Kier molecular flexibility index (Phi) is 7.47. The first-order valence-corrected chi connectivity index (χ1v) is 14.2. The maximum atomic E-state index is 14.1. The summed E-state index contributed by atoms with van der Waals surface area (Å²) >= 11 is 6.07. The molecule has 0 saturated heterocycles. The van der Waals surface area contributed by atoms with Gasteiger partial charge in [-0.05, 0) is 55.0 Å². The summed E-state index contributed by atoms with van der Waals surface area (Å²) in [6, 6.07) is 26.9. The second-order valence-corrected chi connectivity index (χ2v) is 11.5. The van der Waals surface area contributed by atoms with Crippen LogP contribution >= 0.6 is 11.6 Å². The Balaban J connectivity index is 1.68. The van der Waals surface area contributed by atoms with E-state index in [1.54, 1.807) is 97.1 Å². The van der Waals surface area contributed by atoms with Crippen molar-refractivity contribution < 1.29 is 22.7 Å². The predicted molar refractivity (Wildman–Crippen MR) is 155 cm³/mol. The fraction of sp³-hybridized carbons (Fsp3) is 0.0968. The van der Waals surface area contributed by atoms with Crippen LogP contribution in [-0.2, 0) is 21.3 Å². The number of aromatic nitrogens is 1. The number of fused-ring (bicyclic) bond motifs is 1. The van der Waals surface area contributed by atoms with Gasteiger partial charge in [0.05, 0.1) is 40.9 Å². The van der Waals surface area contributed by atoms with E-state index in [0.29, 0.717) is 21.5 Å². The van der Waals surface area contributed by atoms with Crippen LogP contribution in [0.5, 0.6) is 0 Å². The standard InChI is InChI=1S/C31H25ClN2O5S/c1-21-11-17-24(18-12-21)40(37,38)34(19-22-13-15-23(32)16-14-22)29-10-6-4-8-26(29)30(35)33-20-27(31(36)39-2)25-7-3-5-9-28(25)33/h3-18,20H,19H2,1-2H3. The van der Waals surface area contributed by atoms with Crippen LogP contribution < -0.4 is 4.31 Å². The Morgan fingerprint density at radius 3 is 2.20 bits per heavy atom. The van der Waals surface area contributed by atoms with Crippen LogP contribution in [0.25, 0.3) is 10.9 Å². The van der Waals surface area contributed by atoms with Gasteiger partial charge in [-0.1, -0.05) is 71.8 Å². The lowest BCUT2D eigenvalue weighted by molar-refractivity contribution is 0.0603. The van der Waals surface area contributed by atoms with Gasteiger partial charge >= 0.3 is 5.97 Å². The Hall–Kier alpha value is -4.40. The predicted octanol–water partition coefficient (Wildman–Crippen LogP) is 6.47. The van der Waals surface area contributed by atoms with E-state index in [2.05, 4.69) is 0 Å². The van der Waals surface area contributed by atoms with Crippen molar-refractivity contribution in [3.8, 4) is 0 Å². The number of rotatable bonds is 7. The highest BCUT2D eigenvalue weighted by molar-refractivity contribution is 7.92. The molecule has 0 bridgehead atoms. The summed E-state index contributed by atoms with van der Waals surface area (Å²) in [5.41, 5.74) is 2.66. The number of aryl methyl sites for hydroxylation is 1. The molecule has 0 aliphatic rings. The zero-order chi connectivity index (χ0) is 28.4. The van der Waals surface area contributed by atoms with Crippen molar-refractivity contribution in [2.75, 3.05) is 11.4 Å². The minimum atomic E-state index is -4.11. The van der Waals surface area contributed by atoms with Gasteiger partial charge in [0.2, 0.25) is 0 Å². The highest BCUT2D eigenvalue weighted by atomic mass is 35.5. The van der Waals surface area contributed by atoms with Crippen molar-refractivity contribution in [3.63, 3.8) is 0 Å². The molecule has 1 heterocycles. The monoisotopic (exact) mass is 572 g/mol. The Labute approximate surface area is 237 Å². The average Bonchev–Trinajstić information content (AvgIpc) is 3.36. The molecule has 0 N–H and O–H groups in total. The van der Waals surface area contributed by atoms with E-state index >= 15 is 0 Å². The topological polar surface area (TPSA) is 85.7 Å². The van der Waals surface area contributed by atoms with Crippen LogP contribution in [0.3, 0.4) is 0 Å². The molecule has 0 saturated carbocycles. The van der Waals surface area contributed by atoms with Crippen LogP contribution in [-0.4, -0.2) is 32.0 Å². The summed E-state index contributed by atoms with van der Waals surface area (Å²) in [4.78, 5) is 26.6. The van der Waals surface area contributed by atoms with E-state index in [1.807, 2.05) is 6.92 Å². The van der Waals surface area contributed by atoms with Gasteiger partial charge in [-0.3, -0.25) is 13.7 Å². The molecule has 5 rings (SSSR count). The molecule has 0 radical (unpaired) electrons. The van der Waals surface area contributed by atoms with Crippen molar-refractivity contribution in [1.82, 2.24) is 4.57 Å². The highest BCUT2D eigenvalue weighted by Crippen LogP contribution is 2.32. The lowest BCUT2D eigenvalue weighted by Gasteiger charge is -2.27. The molecule has 0 aliphatic carbocycles. The van der Waals surface area contributed by atoms with E-state index < -0.39 is 21.9 Å². The number of methoxy groups -OCH3 is 1. The van der Waals surface area contributed by atoms with E-state index in [1.165, 1.54) is 22.2 Å². The molecule has 9 heteroatoms. The third-order valence-corrected chi connectivity index (χ3v) is 8.61. The van der Waals surface area contributed by atoms with Gasteiger partial charge in [-0.2, -0.15) is 0 Å². The summed E-state index contributed by atoms with van der Waals surface area (Å²) in [7, 11) is -2.83. The molecular formula is C31H25ClN2O5S. The number of sulfonamides is 1. The van der Waals surface area contributed by atoms with Crippen molar-refractivity contribution in [2.45, 2.75) is 18.4 Å². The number of ether oxygens (including phenoxy) is 1. The second kappa shape index (κ2) is 11.0. The number of para-hydroxylation sites is 2. The Morgan fingerprint density at radius 2 is 1.50 bits per heavy atom. The summed E-state index contributed by atoms with van der Waals surface area (Å²) in [5.74, 6) is -1.08. The molecule has 0 amide bonds. The summed E-state index contributed by atoms with van der Waals surface area (Å²) < 4.78 is 35.7. The van der Waals surface area contributed by atoms with Crippen molar-refractivity contribution >= 4 is 50.1 Å². The molecule has 1 aromatic heterocycles. The molecule has 0 spiro atoms. The number of carbonyl (C=O) groups is 2. The maximum Gasteiger partial charge on any atom is 0.340 e. The highest BCUT2D eigenvalue weighted by Gasteiger charge is 2.30. The molecule has 0 atom stereocenters. The van der Waals surface area contributed by atoms with E-state index in [-0.39, 0.29) is 28.3 Å². The smallest absolute Gasteiger partial charge is 0.340 e. The lowest BCUT2D eigenvalue weighted by Crippen LogP contribution is -2.32. The quantitative estimate of drug-likeness (QED) is 0.209. The molecule has 0 aliphatic heterocycles. The van der Waals surface area contributed by atoms with E-state index in [9.17, 15) is 18.0 Å². The fourth-order valence-electron chi connectivity index (χ4n) is 4.51. The molecule has 0 unspecified atom stereocenters. The van der Waals surface area contributed by atoms with Gasteiger partial charge in [0.25, 0.3) is 15.9 Å². The van der Waals surface area contributed by atoms with Crippen LogP contribution in [0, 0.1) is 6.92 Å². The molecule has 0 fully saturated rings. The SMILES string of the molecule is COC(=O)c1cn(C(=O)c2ccccc2N(Cc2ccc(Cl)cc2)S(=O)(=O)c2ccc(C)cc2)c2ccccc12. The van der Waals surface area contributed by atoms with E-state index in [0.717, 1.165) is 5.56 Å². The third kappa shape index (κ3) is 5.11. The number of nitrogens with zero attached hydrogens (tertiary/aromatic N) is 2. The summed E-state index contributed by atoms with van der Waals surface area (Å²) in [6.07, 6.45) is 1.42. The van der Waals surface area contributed by atoms with Gasteiger partial charge < -0.3 is 4.74 Å². The van der Waals surface area contributed by atoms with Gasteiger partial charge in [0, 0.05) is 16.6 Å². The number of hydrogen-bond acceptors (Lipinski definition) is 5. The van der Waals surface area contributed by atoms with Crippen LogP contribution in [0.15, 0.2) is 108 Å².